The summed E-state index contributed by atoms with van der Waals surface area (Å²) in [6.07, 6.45) is -0.251. The molecule has 1 amide bonds. The minimum Gasteiger partial charge on any atom is -0.475 e. The van der Waals surface area contributed by atoms with Gasteiger partial charge in [-0.25, -0.2) is 4.98 Å². The second-order valence-corrected chi connectivity index (χ2v) is 16.4. The molecule has 3 heterocycles. The molecule has 1 aliphatic heterocycles. The van der Waals surface area contributed by atoms with Gasteiger partial charge in [0.25, 0.3) is 5.91 Å². The van der Waals surface area contributed by atoms with Crippen molar-refractivity contribution in [2.45, 2.75) is 51.5 Å². The summed E-state index contributed by atoms with van der Waals surface area (Å²) in [6.45, 7) is 4.36. The maximum atomic E-state index is 14.0. The van der Waals surface area contributed by atoms with Crippen LogP contribution in [0.15, 0.2) is 149 Å². The zero-order valence-electron chi connectivity index (χ0n) is 32.7. The highest BCUT2D eigenvalue weighted by Crippen LogP contribution is 2.41. The number of oxime groups is 1. The Labute approximate surface area is 350 Å². The lowest BCUT2D eigenvalue weighted by atomic mass is 9.74. The largest absolute Gasteiger partial charge is 0.475 e. The topological polar surface area (TPSA) is 176 Å². The Morgan fingerprint density at radius 2 is 1.37 bits per heavy atom. The van der Waals surface area contributed by atoms with Gasteiger partial charge in [0.2, 0.25) is 5.43 Å². The number of thiazole rings is 1. The van der Waals surface area contributed by atoms with Crippen LogP contribution in [-0.4, -0.2) is 50.7 Å². The van der Waals surface area contributed by atoms with Crippen LogP contribution in [0.3, 0.4) is 0 Å². The van der Waals surface area contributed by atoms with E-state index in [9.17, 15) is 22.8 Å². The highest BCUT2D eigenvalue weighted by Gasteiger charge is 2.57. The Balaban J connectivity index is 1.24. The molecule has 6 aromatic rings. The van der Waals surface area contributed by atoms with Crippen LogP contribution < -0.4 is 15.0 Å². The molecule has 7 rings (SSSR count). The minimum atomic E-state index is -4.99. The number of carbonyl (C=O) groups excluding carboxylic acids is 2. The summed E-state index contributed by atoms with van der Waals surface area (Å²) in [5, 5.41) is 6.95. The highest BCUT2D eigenvalue weighted by atomic mass is 32.3. The van der Waals surface area contributed by atoms with Crippen LogP contribution in [0.25, 0.3) is 0 Å². The van der Waals surface area contributed by atoms with Crippen molar-refractivity contribution in [3.63, 3.8) is 0 Å². The first-order valence-electron chi connectivity index (χ1n) is 18.7. The molecule has 308 valence electrons. The van der Waals surface area contributed by atoms with Crippen molar-refractivity contribution in [2.75, 3.05) is 0 Å². The van der Waals surface area contributed by atoms with Gasteiger partial charge in [0.15, 0.2) is 30.0 Å². The third-order valence-corrected chi connectivity index (χ3v) is 11.0. The SMILES string of the molecule is Cc1nc(/C(=N/OCc2cc(=O)c(OC(c3ccccc3)c3ccccc3)cn2OC(c2ccccc2)c2ccccc2)C(=O)C[C@@H]2C(=O)N(OS(=O)(=O)O)C2(C)C)cs1. The molecule has 14 nitrogen and oxygen atoms in total. The van der Waals surface area contributed by atoms with Crippen molar-refractivity contribution < 1.29 is 41.3 Å². The van der Waals surface area contributed by atoms with E-state index in [-0.39, 0.29) is 29.5 Å². The number of amides is 1. The number of hydrogen-bond acceptors (Lipinski definition) is 12. The van der Waals surface area contributed by atoms with E-state index in [0.29, 0.717) is 10.1 Å². The summed E-state index contributed by atoms with van der Waals surface area (Å²) >= 11 is 1.27. The van der Waals surface area contributed by atoms with Crippen LogP contribution in [-0.2, 0) is 35.7 Å². The average Bonchev–Trinajstić information content (AvgIpc) is 3.68. The zero-order chi connectivity index (χ0) is 42.4. The fourth-order valence-corrected chi connectivity index (χ4v) is 7.80. The average molecular weight is 849 g/mol. The Hall–Kier alpha value is -6.46. The molecule has 0 aliphatic carbocycles. The fourth-order valence-electron chi connectivity index (χ4n) is 6.75. The highest BCUT2D eigenvalue weighted by molar-refractivity contribution is 7.80. The molecule has 16 heteroatoms. The molecule has 60 heavy (non-hydrogen) atoms. The van der Waals surface area contributed by atoms with E-state index in [1.165, 1.54) is 42.2 Å². The number of Topliss-reactive ketones (excluding diaryl/α,β-unsaturated/α-hetero) is 1. The molecular formula is C44H40N4O10S2. The first kappa shape index (κ1) is 41.7. The van der Waals surface area contributed by atoms with E-state index in [4.69, 9.17) is 19.0 Å². The van der Waals surface area contributed by atoms with Crippen LogP contribution >= 0.6 is 11.3 Å². The Morgan fingerprint density at radius 3 is 1.83 bits per heavy atom. The third-order valence-electron chi connectivity index (χ3n) is 9.86. The first-order valence-corrected chi connectivity index (χ1v) is 21.0. The standard InChI is InChI=1S/C44H40N4O10S2/c1-29-45-36(28-59-29)40(38(50)25-35-43(51)48(44(35,2)3)58-60(52,53)54)46-55-27-34-24-37(49)39(56-41(30-16-8-4-9-17-30)31-18-10-5-11-19-31)26-47(34)57-42(32-20-12-6-13-21-32)33-22-14-7-15-23-33/h4-24,26,28,35,41-42H,25,27H2,1-3H3,(H,52,53,54)/b46-40-/t35-/m1/s1. The maximum absolute atomic E-state index is 14.0. The van der Waals surface area contributed by atoms with E-state index in [0.717, 1.165) is 22.3 Å². The number of benzene rings is 4. The van der Waals surface area contributed by atoms with Gasteiger partial charge in [0.05, 0.1) is 22.7 Å². The van der Waals surface area contributed by atoms with E-state index in [1.807, 2.05) is 121 Å². The second kappa shape index (κ2) is 17.8. The van der Waals surface area contributed by atoms with Crippen molar-refractivity contribution in [3.8, 4) is 5.75 Å². The number of nitrogens with zero attached hydrogens (tertiary/aromatic N) is 4. The normalized spacial score (nSPS) is 15.2. The summed E-state index contributed by atoms with van der Waals surface area (Å²) in [4.78, 5) is 57.7. The number of aryl methyl sites for hydroxylation is 1. The Kier molecular flexibility index (Phi) is 12.4. The Bertz CT molecular complexity index is 2580. The predicted molar refractivity (Wildman–Crippen MR) is 222 cm³/mol. The predicted octanol–water partition coefficient (Wildman–Crippen LogP) is 6.85. The number of hydroxylamine groups is 2. The van der Waals surface area contributed by atoms with Gasteiger partial charge in [-0.2, -0.15) is 18.2 Å². The summed E-state index contributed by atoms with van der Waals surface area (Å²) in [5.74, 6) is -2.48. The van der Waals surface area contributed by atoms with Gasteiger partial charge in [-0.05, 0) is 43.0 Å². The summed E-state index contributed by atoms with van der Waals surface area (Å²) < 4.78 is 44.2. The lowest BCUT2D eigenvalue weighted by Crippen LogP contribution is -2.68. The number of carbonyl (C=O) groups is 2. The van der Waals surface area contributed by atoms with Crippen molar-refractivity contribution in [3.05, 3.63) is 188 Å². The van der Waals surface area contributed by atoms with Crippen molar-refractivity contribution in [2.24, 2.45) is 11.1 Å². The van der Waals surface area contributed by atoms with Gasteiger partial charge in [-0.3, -0.25) is 18.9 Å². The fraction of sp³-hybridized carbons (Fsp3) is 0.205. The number of pyridine rings is 1. The van der Waals surface area contributed by atoms with Gasteiger partial charge in [0.1, 0.15) is 17.5 Å². The van der Waals surface area contributed by atoms with E-state index in [2.05, 4.69) is 14.4 Å². The van der Waals surface area contributed by atoms with Crippen LogP contribution in [0.4, 0.5) is 0 Å². The number of ketones is 1. The number of aromatic nitrogens is 2. The molecule has 0 bridgehead atoms. The second-order valence-electron chi connectivity index (χ2n) is 14.4. The Morgan fingerprint density at radius 1 is 0.850 bits per heavy atom. The molecule has 0 saturated carbocycles. The molecule has 1 saturated heterocycles. The van der Waals surface area contributed by atoms with Gasteiger partial charge < -0.3 is 14.4 Å². The van der Waals surface area contributed by atoms with Crippen LogP contribution in [0.5, 0.6) is 5.75 Å². The summed E-state index contributed by atoms with van der Waals surface area (Å²) in [6, 6.07) is 39.4. The lowest BCUT2D eigenvalue weighted by Gasteiger charge is -2.50. The molecule has 0 unspecified atom stereocenters. The molecule has 0 radical (unpaired) electrons. The third kappa shape index (κ3) is 9.53. The van der Waals surface area contributed by atoms with Crippen LogP contribution in [0.1, 0.15) is 71.1 Å². The van der Waals surface area contributed by atoms with Gasteiger partial charge >= 0.3 is 10.4 Å². The number of ether oxygens (including phenoxy) is 1. The smallest absolute Gasteiger partial charge is 0.418 e. The lowest BCUT2D eigenvalue weighted by molar-refractivity contribution is -0.228. The summed E-state index contributed by atoms with van der Waals surface area (Å²) in [5.41, 5.74) is 1.75. The molecule has 1 aliphatic rings. The molecule has 4 aromatic carbocycles. The zero-order valence-corrected chi connectivity index (χ0v) is 34.3. The van der Waals surface area contributed by atoms with E-state index < -0.39 is 57.6 Å². The molecule has 1 atom stereocenters. The minimum absolute atomic E-state index is 0.00607. The summed E-state index contributed by atoms with van der Waals surface area (Å²) in [7, 11) is -4.99. The maximum Gasteiger partial charge on any atom is 0.418 e. The molecule has 2 aromatic heterocycles. The number of rotatable bonds is 17. The number of β-lactam (4-membered cyclic amide) rings is 1. The quantitative estimate of drug-likeness (QED) is 0.0440. The van der Waals surface area contributed by atoms with Gasteiger partial charge in [-0.1, -0.05) is 126 Å². The van der Waals surface area contributed by atoms with E-state index in [1.54, 1.807) is 12.3 Å². The first-order chi connectivity index (χ1) is 28.8. The molecule has 1 N–H and O–H groups in total. The van der Waals surface area contributed by atoms with Crippen LogP contribution in [0.2, 0.25) is 0 Å². The van der Waals surface area contributed by atoms with Crippen molar-refractivity contribution in [1.29, 1.82) is 0 Å². The van der Waals surface area contributed by atoms with E-state index >= 15 is 0 Å². The van der Waals surface area contributed by atoms with Crippen LogP contribution in [0, 0.1) is 12.8 Å². The van der Waals surface area contributed by atoms with Crippen molar-refractivity contribution >= 4 is 39.1 Å². The van der Waals surface area contributed by atoms with Gasteiger partial charge in [-0.15, -0.1) is 15.6 Å². The van der Waals surface area contributed by atoms with Gasteiger partial charge in [0, 0.05) is 17.9 Å². The molecule has 1 fully saturated rings. The van der Waals surface area contributed by atoms with Crippen molar-refractivity contribution in [1.82, 2.24) is 14.8 Å². The molecular weight excluding hydrogens is 809 g/mol. The monoisotopic (exact) mass is 848 g/mol. The molecule has 0 spiro atoms. The number of hydrogen-bond donors (Lipinski definition) is 1.